The van der Waals surface area contributed by atoms with E-state index in [1.807, 2.05) is 0 Å². The predicted octanol–water partition coefficient (Wildman–Crippen LogP) is 2.27. The Morgan fingerprint density at radius 1 is 1.24 bits per heavy atom. The van der Waals surface area contributed by atoms with Gasteiger partial charge in [0, 0.05) is 24.5 Å². The molecule has 0 amide bonds. The van der Waals surface area contributed by atoms with E-state index in [4.69, 9.17) is 4.74 Å². The monoisotopic (exact) mass is 293 g/mol. The molecule has 2 rings (SSSR count). The average molecular weight is 293 g/mol. The molecule has 21 heavy (non-hydrogen) atoms. The highest BCUT2D eigenvalue weighted by atomic mass is 16.6. The fourth-order valence-corrected chi connectivity index (χ4v) is 2.49. The zero-order valence-corrected chi connectivity index (χ0v) is 12.8. The van der Waals surface area contributed by atoms with Crippen molar-refractivity contribution in [1.82, 2.24) is 5.32 Å². The molecule has 0 spiro atoms. The van der Waals surface area contributed by atoms with Crippen LogP contribution < -0.4 is 5.32 Å². The number of benzene rings is 1. The van der Waals surface area contributed by atoms with Crippen LogP contribution in [0.3, 0.4) is 0 Å². The summed E-state index contributed by atoms with van der Waals surface area (Å²) in [7, 11) is 0. The summed E-state index contributed by atoms with van der Waals surface area (Å²) >= 11 is 0. The molecule has 0 unspecified atom stereocenters. The summed E-state index contributed by atoms with van der Waals surface area (Å²) in [6, 6.07) is 4.42. The summed E-state index contributed by atoms with van der Waals surface area (Å²) in [5.74, 6) is -0.349. The first-order chi connectivity index (χ1) is 9.74. The molecular formula is C16H23NO4. The first-order valence-electron chi connectivity index (χ1n) is 7.21. The van der Waals surface area contributed by atoms with Crippen LogP contribution in [0.2, 0.25) is 0 Å². The molecule has 1 aromatic rings. The predicted molar refractivity (Wildman–Crippen MR) is 79.1 cm³/mol. The van der Waals surface area contributed by atoms with Gasteiger partial charge in [0.25, 0.3) is 0 Å². The second kappa shape index (κ2) is 5.56. The van der Waals surface area contributed by atoms with Crippen LogP contribution in [0.25, 0.3) is 0 Å². The number of hydrogen-bond acceptors (Lipinski definition) is 5. The van der Waals surface area contributed by atoms with Crippen LogP contribution in [0.15, 0.2) is 18.2 Å². The van der Waals surface area contributed by atoms with Gasteiger partial charge in [-0.3, -0.25) is 4.79 Å². The second-order valence-electron chi connectivity index (χ2n) is 6.59. The van der Waals surface area contributed by atoms with Gasteiger partial charge in [0.1, 0.15) is 17.1 Å². The number of piperidine rings is 1. The number of esters is 1. The van der Waals surface area contributed by atoms with Crippen LogP contribution in [0.4, 0.5) is 0 Å². The molecule has 1 aliphatic rings. The van der Waals surface area contributed by atoms with Crippen molar-refractivity contribution in [3.8, 4) is 11.5 Å². The summed E-state index contributed by atoms with van der Waals surface area (Å²) in [5, 5.41) is 22.8. The normalized spacial score (nSPS) is 18.2. The molecule has 0 aromatic heterocycles. The maximum Gasteiger partial charge on any atom is 0.312 e. The number of nitrogens with one attached hydrogen (secondary N) is 1. The third-order valence-electron chi connectivity index (χ3n) is 3.78. The smallest absolute Gasteiger partial charge is 0.312 e. The Kier molecular flexibility index (Phi) is 4.14. The lowest BCUT2D eigenvalue weighted by molar-refractivity contribution is -0.174. The first-order valence-corrected chi connectivity index (χ1v) is 7.21. The third-order valence-corrected chi connectivity index (χ3v) is 3.78. The minimum Gasteiger partial charge on any atom is -0.508 e. The van der Waals surface area contributed by atoms with Gasteiger partial charge >= 0.3 is 5.97 Å². The molecule has 116 valence electrons. The molecule has 0 saturated carbocycles. The van der Waals surface area contributed by atoms with Gasteiger partial charge in [-0.1, -0.05) is 0 Å². The lowest BCUT2D eigenvalue weighted by Crippen LogP contribution is -2.45. The van der Waals surface area contributed by atoms with Crippen molar-refractivity contribution in [2.45, 2.75) is 39.2 Å². The van der Waals surface area contributed by atoms with Crippen LogP contribution in [-0.2, 0) is 15.1 Å². The van der Waals surface area contributed by atoms with E-state index in [0.717, 1.165) is 0 Å². The minimum atomic E-state index is -0.840. The lowest BCUT2D eigenvalue weighted by atomic mass is 9.83. The van der Waals surface area contributed by atoms with Crippen molar-refractivity contribution in [2.75, 3.05) is 13.1 Å². The second-order valence-corrected chi connectivity index (χ2v) is 6.59. The Bertz CT molecular complexity index is 528. The van der Waals surface area contributed by atoms with Gasteiger partial charge in [-0.2, -0.15) is 0 Å². The zero-order valence-electron chi connectivity index (χ0n) is 12.8. The van der Waals surface area contributed by atoms with Crippen molar-refractivity contribution >= 4 is 5.97 Å². The topological polar surface area (TPSA) is 78.8 Å². The highest BCUT2D eigenvalue weighted by Crippen LogP contribution is 2.42. The van der Waals surface area contributed by atoms with Crippen molar-refractivity contribution < 1.29 is 19.7 Å². The van der Waals surface area contributed by atoms with E-state index in [-0.39, 0.29) is 17.5 Å². The average Bonchev–Trinajstić information content (AvgIpc) is 2.38. The molecule has 0 atom stereocenters. The van der Waals surface area contributed by atoms with Crippen molar-refractivity contribution in [3.63, 3.8) is 0 Å². The summed E-state index contributed by atoms with van der Waals surface area (Å²) in [4.78, 5) is 12.3. The molecule has 0 aliphatic carbocycles. The maximum absolute atomic E-state index is 12.3. The van der Waals surface area contributed by atoms with Crippen LogP contribution in [0, 0.1) is 5.41 Å². The van der Waals surface area contributed by atoms with Gasteiger partial charge in [-0.05, 0) is 46.0 Å². The van der Waals surface area contributed by atoms with E-state index >= 15 is 0 Å². The minimum absolute atomic E-state index is 0.0116. The van der Waals surface area contributed by atoms with Crippen LogP contribution in [-0.4, -0.2) is 29.3 Å². The van der Waals surface area contributed by atoms with Crippen LogP contribution in [0.1, 0.15) is 39.2 Å². The largest absolute Gasteiger partial charge is 0.508 e. The van der Waals surface area contributed by atoms with Gasteiger partial charge in [0.2, 0.25) is 0 Å². The number of rotatable bonds is 2. The van der Waals surface area contributed by atoms with Crippen molar-refractivity contribution in [2.24, 2.45) is 5.41 Å². The fraction of sp³-hybridized carbons (Fsp3) is 0.562. The van der Waals surface area contributed by atoms with Crippen molar-refractivity contribution in [1.29, 1.82) is 0 Å². The Morgan fingerprint density at radius 3 is 2.38 bits per heavy atom. The molecule has 1 aliphatic heterocycles. The Morgan fingerprint density at radius 2 is 1.86 bits per heavy atom. The zero-order chi connectivity index (χ0) is 15.7. The van der Waals surface area contributed by atoms with Gasteiger partial charge in [-0.25, -0.2) is 0 Å². The molecule has 5 heteroatoms. The van der Waals surface area contributed by atoms with E-state index < -0.39 is 11.0 Å². The number of phenolic OH excluding ortho intramolecular Hbond substituents is 2. The number of carbonyl (C=O) groups excluding carboxylic acids is 1. The molecule has 5 nitrogen and oxygen atoms in total. The Labute approximate surface area is 124 Å². The summed E-state index contributed by atoms with van der Waals surface area (Å²) < 4.78 is 5.83. The van der Waals surface area contributed by atoms with E-state index in [1.54, 1.807) is 26.8 Å². The summed E-state index contributed by atoms with van der Waals surface area (Å²) in [6.07, 6.45) is 1.18. The highest BCUT2D eigenvalue weighted by molar-refractivity contribution is 5.76. The molecule has 1 saturated heterocycles. The summed E-state index contributed by atoms with van der Waals surface area (Å²) in [6.45, 7) is 6.83. The molecule has 0 bridgehead atoms. The number of ether oxygens (including phenoxy) is 1. The van der Waals surface area contributed by atoms with E-state index in [1.165, 1.54) is 12.1 Å². The Balaban J connectivity index is 2.39. The maximum atomic E-state index is 12.3. The SMILES string of the molecule is CC(C)(C)C(=O)OC1(c2ccc(O)cc2O)CCNCC1. The number of carbonyl (C=O) groups is 1. The van der Waals surface area contributed by atoms with E-state index in [2.05, 4.69) is 5.32 Å². The number of aromatic hydroxyl groups is 2. The molecular weight excluding hydrogens is 270 g/mol. The van der Waals surface area contributed by atoms with E-state index in [0.29, 0.717) is 31.5 Å². The third kappa shape index (κ3) is 3.29. The van der Waals surface area contributed by atoms with Gasteiger partial charge in [0.05, 0.1) is 5.41 Å². The van der Waals surface area contributed by atoms with Gasteiger partial charge < -0.3 is 20.3 Å². The van der Waals surface area contributed by atoms with Crippen molar-refractivity contribution in [3.05, 3.63) is 23.8 Å². The van der Waals surface area contributed by atoms with Crippen LogP contribution in [0.5, 0.6) is 11.5 Å². The van der Waals surface area contributed by atoms with Gasteiger partial charge in [-0.15, -0.1) is 0 Å². The standard InChI is InChI=1S/C16H23NO4/c1-15(2,3)14(20)21-16(6-8-17-9-7-16)12-5-4-11(18)10-13(12)19/h4-5,10,17-19H,6-9H2,1-3H3. The lowest BCUT2D eigenvalue weighted by Gasteiger charge is -2.39. The molecule has 1 fully saturated rings. The van der Waals surface area contributed by atoms with E-state index in [9.17, 15) is 15.0 Å². The molecule has 0 radical (unpaired) electrons. The quantitative estimate of drug-likeness (QED) is 0.729. The molecule has 1 heterocycles. The number of hydrogen-bond donors (Lipinski definition) is 3. The Hall–Kier alpha value is -1.75. The first kappa shape index (κ1) is 15.6. The number of phenols is 2. The molecule has 1 aromatic carbocycles. The van der Waals surface area contributed by atoms with Gasteiger partial charge in [0.15, 0.2) is 0 Å². The summed E-state index contributed by atoms with van der Waals surface area (Å²) in [5.41, 5.74) is -0.892. The van der Waals surface area contributed by atoms with Crippen LogP contribution >= 0.6 is 0 Å². The fourth-order valence-electron chi connectivity index (χ4n) is 2.49. The highest BCUT2D eigenvalue weighted by Gasteiger charge is 2.42. The molecule has 3 N–H and O–H groups in total.